The molecule has 1 N–H and O–H groups in total. The zero-order valence-electron chi connectivity index (χ0n) is 20.3. The number of nitrogens with zero attached hydrogens (tertiary/aromatic N) is 1. The van der Waals surface area contributed by atoms with Gasteiger partial charge in [-0.1, -0.05) is 50.2 Å². The van der Waals surface area contributed by atoms with Gasteiger partial charge in [0.25, 0.3) is 0 Å². The topological polar surface area (TPSA) is 66.5 Å². The Hall–Kier alpha value is -2.55. The summed E-state index contributed by atoms with van der Waals surface area (Å²) in [7, 11) is -1.15. The lowest BCUT2D eigenvalue weighted by atomic mass is 9.97. The first kappa shape index (κ1) is 27.0. The van der Waals surface area contributed by atoms with Crippen LogP contribution in [0.3, 0.4) is 0 Å². The molecule has 35 heavy (non-hydrogen) atoms. The van der Waals surface area contributed by atoms with E-state index in [4.69, 9.17) is 0 Å². The van der Waals surface area contributed by atoms with E-state index >= 15 is 0 Å². The summed E-state index contributed by atoms with van der Waals surface area (Å²) < 4.78 is 52.2. The summed E-state index contributed by atoms with van der Waals surface area (Å²) in [5, 5.41) is 3.71. The Morgan fingerprint density at radius 3 is 1.97 bits per heavy atom. The summed E-state index contributed by atoms with van der Waals surface area (Å²) in [4.78, 5) is 14.4. The molecule has 1 aliphatic carbocycles. The number of hydrogen-bond donors (Lipinski definition) is 1. The van der Waals surface area contributed by atoms with Gasteiger partial charge < -0.3 is 10.2 Å². The van der Waals surface area contributed by atoms with E-state index in [0.29, 0.717) is 37.3 Å². The van der Waals surface area contributed by atoms with Crippen molar-refractivity contribution in [3.63, 3.8) is 0 Å². The van der Waals surface area contributed by atoms with Crippen LogP contribution in [0.25, 0.3) is 0 Å². The van der Waals surface area contributed by atoms with Gasteiger partial charge >= 0.3 is 6.68 Å². The van der Waals surface area contributed by atoms with Gasteiger partial charge in [0.2, 0.25) is 5.91 Å². The Bertz CT molecular complexity index is 1070. The fourth-order valence-corrected chi connectivity index (χ4v) is 6.60. The summed E-state index contributed by atoms with van der Waals surface area (Å²) in [6, 6.07) is 17.4. The van der Waals surface area contributed by atoms with E-state index in [9.17, 15) is 26.4 Å². The average Bonchev–Trinajstić information content (AvgIpc) is 3.04. The quantitative estimate of drug-likeness (QED) is 0.567. The van der Waals surface area contributed by atoms with Crippen molar-refractivity contribution in [2.75, 3.05) is 23.9 Å². The second-order valence-corrected chi connectivity index (χ2v) is 11.7. The fourth-order valence-electron chi connectivity index (χ4n) is 5.11. The minimum Gasteiger partial charge on any atom is -0.381 e. The molecule has 0 aromatic heterocycles. The van der Waals surface area contributed by atoms with Crippen molar-refractivity contribution in [2.24, 2.45) is 5.92 Å². The van der Waals surface area contributed by atoms with Crippen LogP contribution in [-0.4, -0.2) is 50.5 Å². The van der Waals surface area contributed by atoms with Crippen molar-refractivity contribution in [1.29, 1.82) is 0 Å². The summed E-state index contributed by atoms with van der Waals surface area (Å²) in [5.74, 6) is 1.02. The van der Waals surface area contributed by atoms with Crippen LogP contribution < -0.4 is 5.32 Å². The molecule has 0 saturated carbocycles. The van der Waals surface area contributed by atoms with Crippen molar-refractivity contribution >= 4 is 21.4 Å². The van der Waals surface area contributed by atoms with Gasteiger partial charge in [0, 0.05) is 44.5 Å². The fraction of sp³-hybridized carbons (Fsp3) is 0.500. The maximum atomic E-state index is 12.7. The highest BCUT2D eigenvalue weighted by Crippen LogP contribution is 2.42. The molecule has 2 atom stereocenters. The number of carbonyl (C=O) groups excluding carboxylic acids is 1. The number of amides is 1. The Morgan fingerprint density at radius 1 is 1.00 bits per heavy atom. The Labute approximate surface area is 207 Å². The zero-order valence-corrected chi connectivity index (χ0v) is 21.1. The average molecular weight is 513 g/mol. The number of benzene rings is 2. The molecule has 0 radical (unpaired) electrons. The third-order valence-corrected chi connectivity index (χ3v) is 8.76. The van der Waals surface area contributed by atoms with Gasteiger partial charge in [0.15, 0.2) is 0 Å². The number of nitrogens with one attached hydrogen (secondary N) is 1. The molecule has 1 heterocycles. The summed E-state index contributed by atoms with van der Waals surface area (Å²) >= 11 is 0. The Kier molecular flexibility index (Phi) is 8.85. The van der Waals surface area contributed by atoms with Crippen LogP contribution in [0.2, 0.25) is 0 Å². The minimum atomic E-state index is -3.67. The minimum absolute atomic E-state index is 0. The first-order chi connectivity index (χ1) is 16.5. The monoisotopic (exact) mass is 512 g/mol. The van der Waals surface area contributed by atoms with Crippen molar-refractivity contribution in [3.8, 4) is 0 Å². The molecule has 2 aromatic rings. The highest BCUT2D eigenvalue weighted by atomic mass is 32.2. The molecule has 1 aliphatic heterocycles. The van der Waals surface area contributed by atoms with Crippen LogP contribution in [0.5, 0.6) is 0 Å². The number of rotatable bonds is 5. The largest absolute Gasteiger partial charge is 0.381 e. The van der Waals surface area contributed by atoms with Crippen LogP contribution in [0.15, 0.2) is 48.5 Å². The van der Waals surface area contributed by atoms with E-state index in [1.54, 1.807) is 11.9 Å². The van der Waals surface area contributed by atoms with Gasteiger partial charge in [-0.25, -0.2) is 8.42 Å². The lowest BCUT2D eigenvalue weighted by Crippen LogP contribution is -2.37. The molecule has 2 aromatic carbocycles. The molecule has 1 fully saturated rings. The highest BCUT2D eigenvalue weighted by Gasteiger charge is 2.35. The van der Waals surface area contributed by atoms with Gasteiger partial charge in [-0.05, 0) is 41.7 Å². The zero-order chi connectivity index (χ0) is 25.8. The molecule has 0 spiro atoms. The predicted octanol–water partition coefficient (Wildman–Crippen LogP) is 5.60. The lowest BCUT2D eigenvalue weighted by molar-refractivity contribution is -0.135. The molecule has 1 amide bonds. The van der Waals surface area contributed by atoms with Crippen LogP contribution in [-0.2, 0) is 21.2 Å². The normalized spacial score (nSPS) is 23.2. The second-order valence-electron chi connectivity index (χ2n) is 9.44. The molecular formula is C26H35F3N2O3S. The standard InChI is InChI=1S/C25H32N2O3S.CHF3.H2/c1-17-22-6-4-5-7-23(22)18(2)24(17)26-21-10-8-19(9-11-21)16-27(3)25(28)20-12-14-31(29,30)15-13-20;2-1(3)4;/h4-11,17-18,20,24,26H,12-16H2,1-3H3;1H;1H. The maximum Gasteiger partial charge on any atom is 0.379 e. The van der Waals surface area contributed by atoms with Gasteiger partial charge in [-0.2, -0.15) is 13.2 Å². The van der Waals surface area contributed by atoms with Gasteiger partial charge in [0.1, 0.15) is 9.84 Å². The highest BCUT2D eigenvalue weighted by molar-refractivity contribution is 7.91. The second kappa shape index (κ2) is 11.5. The van der Waals surface area contributed by atoms with Crippen molar-refractivity contribution in [2.45, 2.75) is 57.8 Å². The first-order valence-electron chi connectivity index (χ1n) is 11.8. The number of alkyl halides is 3. The van der Waals surface area contributed by atoms with E-state index in [0.717, 1.165) is 11.3 Å². The van der Waals surface area contributed by atoms with E-state index in [2.05, 4.69) is 67.7 Å². The van der Waals surface area contributed by atoms with E-state index in [1.807, 2.05) is 0 Å². The Morgan fingerprint density at radius 2 is 1.49 bits per heavy atom. The van der Waals surface area contributed by atoms with Crippen molar-refractivity contribution in [3.05, 3.63) is 65.2 Å². The van der Waals surface area contributed by atoms with Crippen LogP contribution in [0, 0.1) is 5.92 Å². The van der Waals surface area contributed by atoms with Crippen molar-refractivity contribution < 1.29 is 27.8 Å². The third-order valence-electron chi connectivity index (χ3n) is 7.04. The summed E-state index contributed by atoms with van der Waals surface area (Å²) in [6.07, 6.45) is 0.878. The van der Waals surface area contributed by atoms with Gasteiger partial charge in [-0.3, -0.25) is 4.79 Å². The number of hydrogen-bond acceptors (Lipinski definition) is 4. The molecular weight excluding hydrogens is 477 g/mol. The maximum absolute atomic E-state index is 12.7. The summed E-state index contributed by atoms with van der Waals surface area (Å²) in [5.41, 5.74) is 5.02. The van der Waals surface area contributed by atoms with Crippen LogP contribution in [0.4, 0.5) is 18.9 Å². The molecule has 9 heteroatoms. The molecule has 0 bridgehead atoms. The molecule has 1 saturated heterocycles. The molecule has 4 rings (SSSR count). The van der Waals surface area contributed by atoms with Gasteiger partial charge in [0.05, 0.1) is 11.5 Å². The number of sulfone groups is 1. The molecule has 2 aliphatic rings. The molecule has 194 valence electrons. The number of carbonyl (C=O) groups is 1. The number of fused-ring (bicyclic) bond motifs is 1. The lowest BCUT2D eigenvalue weighted by Gasteiger charge is -2.27. The van der Waals surface area contributed by atoms with Crippen molar-refractivity contribution in [1.82, 2.24) is 4.90 Å². The molecule has 2 unspecified atom stereocenters. The predicted molar refractivity (Wildman–Crippen MR) is 134 cm³/mol. The third kappa shape index (κ3) is 6.99. The SMILES string of the molecule is CC1c2ccccc2C(C)C1Nc1ccc(CN(C)C(=O)C2CCS(=O)(=O)CC2)cc1.FC(F)F.[HH]. The van der Waals surface area contributed by atoms with Gasteiger partial charge in [-0.15, -0.1) is 0 Å². The van der Waals surface area contributed by atoms with Crippen LogP contribution >= 0.6 is 0 Å². The Balaban J connectivity index is 0.000000850. The smallest absolute Gasteiger partial charge is 0.379 e. The number of anilines is 1. The van der Waals surface area contributed by atoms with E-state index < -0.39 is 16.5 Å². The van der Waals surface area contributed by atoms with E-state index in [-0.39, 0.29) is 24.8 Å². The number of halogens is 3. The summed E-state index contributed by atoms with van der Waals surface area (Å²) in [6.45, 7) is 1.43. The van der Waals surface area contributed by atoms with Crippen LogP contribution in [0.1, 0.15) is 56.6 Å². The van der Waals surface area contributed by atoms with E-state index in [1.165, 1.54) is 11.1 Å². The first-order valence-corrected chi connectivity index (χ1v) is 13.6. The molecule has 5 nitrogen and oxygen atoms in total.